The molecule has 3 aromatic rings. The van der Waals surface area contributed by atoms with Gasteiger partial charge >= 0.3 is 0 Å². The number of benzene rings is 2. The minimum Gasteiger partial charge on any atom is -0.206 e. The van der Waals surface area contributed by atoms with Crippen molar-refractivity contribution in [3.8, 4) is 22.3 Å². The van der Waals surface area contributed by atoms with Gasteiger partial charge in [-0.05, 0) is 30.7 Å². The van der Waals surface area contributed by atoms with Crippen LogP contribution in [-0.2, 0) is 0 Å². The average Bonchev–Trinajstić information content (AvgIpc) is 2.54. The van der Waals surface area contributed by atoms with E-state index in [1.165, 1.54) is 0 Å². The number of aromatic nitrogens is 2. The lowest BCUT2D eigenvalue weighted by atomic mass is 9.94. The van der Waals surface area contributed by atoms with Crippen molar-refractivity contribution in [2.45, 2.75) is 6.92 Å². The van der Waals surface area contributed by atoms with Gasteiger partial charge in [-0.15, -0.1) is 5.10 Å². The summed E-state index contributed by atoms with van der Waals surface area (Å²) in [6, 6.07) is 7.93. The number of hydrogen-bond acceptors (Lipinski definition) is 2. The maximum Gasteiger partial charge on any atom is 0.161 e. The van der Waals surface area contributed by atoms with Gasteiger partial charge in [0.2, 0.25) is 0 Å². The molecule has 0 aliphatic carbocycles. The first-order valence-electron chi connectivity index (χ1n) is 6.82. The minimum atomic E-state index is -1.28. The van der Waals surface area contributed by atoms with E-state index in [1.807, 2.05) is 0 Å². The molecule has 122 valence electrons. The monoisotopic (exact) mass is 368 g/mol. The fourth-order valence-electron chi connectivity index (χ4n) is 2.43. The zero-order chi connectivity index (χ0) is 17.4. The minimum absolute atomic E-state index is 0.115. The van der Waals surface area contributed by atoms with E-state index >= 15 is 0 Å². The molecule has 0 aliphatic rings. The van der Waals surface area contributed by atoms with Crippen molar-refractivity contribution < 1.29 is 13.2 Å². The van der Waals surface area contributed by atoms with Crippen LogP contribution in [0.4, 0.5) is 13.2 Å². The number of halogens is 5. The summed E-state index contributed by atoms with van der Waals surface area (Å²) >= 11 is 12.0. The molecule has 0 bridgehead atoms. The Kier molecular flexibility index (Phi) is 4.47. The fourth-order valence-corrected chi connectivity index (χ4v) is 2.79. The smallest absolute Gasteiger partial charge is 0.161 e. The lowest BCUT2D eigenvalue weighted by Crippen LogP contribution is -2.00. The number of rotatable bonds is 2. The predicted molar refractivity (Wildman–Crippen MR) is 87.5 cm³/mol. The summed E-state index contributed by atoms with van der Waals surface area (Å²) in [7, 11) is 0. The molecule has 0 atom stereocenters. The second kappa shape index (κ2) is 6.42. The highest BCUT2D eigenvalue weighted by molar-refractivity contribution is 6.33. The SMILES string of the molecule is Cc1nnc(Cl)c(-c2cc(F)c(F)cc2F)c1-c1ccc(Cl)cc1. The van der Waals surface area contributed by atoms with Crippen LogP contribution in [0.2, 0.25) is 10.2 Å². The van der Waals surface area contributed by atoms with E-state index in [-0.39, 0.29) is 16.3 Å². The number of aryl methyl sites for hydroxylation is 1. The summed E-state index contributed by atoms with van der Waals surface area (Å²) < 4.78 is 41.1. The van der Waals surface area contributed by atoms with E-state index in [2.05, 4.69) is 10.2 Å². The maximum atomic E-state index is 14.3. The highest BCUT2D eigenvalue weighted by Gasteiger charge is 2.21. The topological polar surface area (TPSA) is 25.8 Å². The first-order chi connectivity index (χ1) is 11.4. The highest BCUT2D eigenvalue weighted by atomic mass is 35.5. The van der Waals surface area contributed by atoms with Crippen molar-refractivity contribution in [3.05, 3.63) is 69.7 Å². The Morgan fingerprint density at radius 1 is 0.792 bits per heavy atom. The molecular weight excluding hydrogens is 360 g/mol. The van der Waals surface area contributed by atoms with Crippen molar-refractivity contribution in [2.24, 2.45) is 0 Å². The molecule has 0 spiro atoms. The van der Waals surface area contributed by atoms with Crippen LogP contribution in [0.1, 0.15) is 5.69 Å². The van der Waals surface area contributed by atoms with Crippen molar-refractivity contribution >= 4 is 23.2 Å². The van der Waals surface area contributed by atoms with Crippen LogP contribution in [0, 0.1) is 24.4 Å². The van der Waals surface area contributed by atoms with Gasteiger partial charge in [0.1, 0.15) is 5.82 Å². The molecule has 3 rings (SSSR count). The summed E-state index contributed by atoms with van der Waals surface area (Å²) in [4.78, 5) is 0. The van der Waals surface area contributed by atoms with E-state index in [4.69, 9.17) is 23.2 Å². The van der Waals surface area contributed by atoms with E-state index in [9.17, 15) is 13.2 Å². The van der Waals surface area contributed by atoms with Gasteiger partial charge in [0, 0.05) is 27.8 Å². The molecule has 1 heterocycles. The summed E-state index contributed by atoms with van der Waals surface area (Å²) in [6.45, 7) is 1.66. The second-order valence-electron chi connectivity index (χ2n) is 5.08. The molecule has 0 saturated heterocycles. The van der Waals surface area contributed by atoms with Gasteiger partial charge in [-0.3, -0.25) is 0 Å². The Balaban J connectivity index is 2.35. The molecule has 0 fully saturated rings. The van der Waals surface area contributed by atoms with Crippen LogP contribution in [0.3, 0.4) is 0 Å². The summed E-state index contributed by atoms with van der Waals surface area (Å²) in [5.41, 5.74) is 1.52. The Hall–Kier alpha value is -2.11. The summed E-state index contributed by atoms with van der Waals surface area (Å²) in [5, 5.41) is 8.09. The molecule has 0 radical (unpaired) electrons. The van der Waals surface area contributed by atoms with Gasteiger partial charge in [0.15, 0.2) is 16.8 Å². The maximum absolute atomic E-state index is 14.3. The Morgan fingerprint density at radius 2 is 1.42 bits per heavy atom. The molecule has 0 aliphatic heterocycles. The zero-order valence-corrected chi connectivity index (χ0v) is 13.8. The zero-order valence-electron chi connectivity index (χ0n) is 12.2. The Bertz CT molecular complexity index is 928. The molecule has 2 nitrogen and oxygen atoms in total. The number of hydrogen-bond donors (Lipinski definition) is 0. The second-order valence-corrected chi connectivity index (χ2v) is 5.87. The standard InChI is InChI=1S/C17H9Cl2F3N2/c1-8-15(9-2-4-10(18)5-3-9)16(17(19)24-23-8)11-6-13(21)14(22)7-12(11)20/h2-7H,1H3. The van der Waals surface area contributed by atoms with Gasteiger partial charge in [-0.1, -0.05) is 35.3 Å². The van der Waals surface area contributed by atoms with E-state index in [0.717, 1.165) is 6.07 Å². The van der Waals surface area contributed by atoms with Crippen LogP contribution in [0.25, 0.3) is 22.3 Å². The van der Waals surface area contributed by atoms with Gasteiger partial charge in [-0.25, -0.2) is 13.2 Å². The molecular formula is C17H9Cl2F3N2. The predicted octanol–water partition coefficient (Wildman–Crippen LogP) is 5.84. The first kappa shape index (κ1) is 16.7. The molecule has 2 aromatic carbocycles. The first-order valence-corrected chi connectivity index (χ1v) is 7.57. The lowest BCUT2D eigenvalue weighted by molar-refractivity contribution is 0.496. The normalized spacial score (nSPS) is 10.9. The third-order valence-corrected chi connectivity index (χ3v) is 4.03. The Morgan fingerprint density at radius 3 is 2.08 bits per heavy atom. The molecule has 0 unspecified atom stereocenters. The van der Waals surface area contributed by atoms with Crippen LogP contribution in [-0.4, -0.2) is 10.2 Å². The average molecular weight is 369 g/mol. The van der Waals surface area contributed by atoms with Crippen LogP contribution < -0.4 is 0 Å². The largest absolute Gasteiger partial charge is 0.206 e. The molecule has 24 heavy (non-hydrogen) atoms. The van der Waals surface area contributed by atoms with E-state index in [0.29, 0.717) is 27.9 Å². The van der Waals surface area contributed by atoms with Gasteiger partial charge in [0.05, 0.1) is 5.69 Å². The molecule has 0 N–H and O–H groups in total. The third-order valence-electron chi connectivity index (χ3n) is 3.52. The van der Waals surface area contributed by atoms with E-state index < -0.39 is 17.5 Å². The fraction of sp³-hybridized carbons (Fsp3) is 0.0588. The van der Waals surface area contributed by atoms with Gasteiger partial charge in [-0.2, -0.15) is 5.10 Å². The van der Waals surface area contributed by atoms with Crippen molar-refractivity contribution in [3.63, 3.8) is 0 Å². The van der Waals surface area contributed by atoms with Crippen LogP contribution in [0.15, 0.2) is 36.4 Å². The van der Waals surface area contributed by atoms with Gasteiger partial charge in [0.25, 0.3) is 0 Å². The van der Waals surface area contributed by atoms with E-state index in [1.54, 1.807) is 31.2 Å². The van der Waals surface area contributed by atoms with Gasteiger partial charge < -0.3 is 0 Å². The molecule has 7 heteroatoms. The number of nitrogens with zero attached hydrogens (tertiary/aromatic N) is 2. The summed E-state index contributed by atoms with van der Waals surface area (Å²) in [5.74, 6) is -3.41. The van der Waals surface area contributed by atoms with Crippen LogP contribution >= 0.6 is 23.2 Å². The molecule has 0 saturated carbocycles. The molecule has 0 amide bonds. The van der Waals surface area contributed by atoms with Crippen molar-refractivity contribution in [2.75, 3.05) is 0 Å². The third kappa shape index (κ3) is 2.97. The van der Waals surface area contributed by atoms with Crippen molar-refractivity contribution in [1.82, 2.24) is 10.2 Å². The Labute approximate surface area is 145 Å². The molecule has 1 aromatic heterocycles. The van der Waals surface area contributed by atoms with Crippen LogP contribution in [0.5, 0.6) is 0 Å². The quantitative estimate of drug-likeness (QED) is 0.530. The highest BCUT2D eigenvalue weighted by Crippen LogP contribution is 2.39. The van der Waals surface area contributed by atoms with Crippen molar-refractivity contribution in [1.29, 1.82) is 0 Å². The lowest BCUT2D eigenvalue weighted by Gasteiger charge is -2.14. The summed E-state index contributed by atoms with van der Waals surface area (Å²) in [6.07, 6.45) is 0.